The van der Waals surface area contributed by atoms with Crippen molar-refractivity contribution in [1.29, 1.82) is 5.26 Å². The van der Waals surface area contributed by atoms with E-state index in [-0.39, 0.29) is 11.3 Å². The quantitative estimate of drug-likeness (QED) is 0.454. The molecule has 0 saturated carbocycles. The van der Waals surface area contributed by atoms with E-state index in [2.05, 4.69) is 0 Å². The monoisotopic (exact) mass is 242 g/mol. The molecule has 0 fully saturated rings. The zero-order valence-electron chi connectivity index (χ0n) is 8.23. The number of nitro benzene ring substituents is 1. The predicted octanol–water partition coefficient (Wildman–Crippen LogP) is 3.06. The summed E-state index contributed by atoms with van der Waals surface area (Å²) in [5, 5.41) is 18.6. The molecular weight excluding hydrogens is 237 g/mol. The molecule has 1 rings (SSSR count). The third kappa shape index (κ3) is 3.31. The van der Waals surface area contributed by atoms with E-state index in [0.717, 1.165) is 30.3 Å². The lowest BCUT2D eigenvalue weighted by Gasteiger charge is -2.03. The van der Waals surface area contributed by atoms with Gasteiger partial charge in [0.25, 0.3) is 5.69 Å². The van der Waals surface area contributed by atoms with Crippen LogP contribution in [0.15, 0.2) is 29.8 Å². The van der Waals surface area contributed by atoms with Gasteiger partial charge in [-0.25, -0.2) is 0 Å². The first-order valence-electron chi connectivity index (χ1n) is 4.28. The van der Waals surface area contributed by atoms with E-state index in [1.807, 2.05) is 0 Å². The van der Waals surface area contributed by atoms with Gasteiger partial charge in [-0.2, -0.15) is 18.4 Å². The fraction of sp³-hybridized carbons (Fsp3) is 0.100. The number of rotatable bonds is 2. The van der Waals surface area contributed by atoms with Crippen LogP contribution in [-0.4, -0.2) is 11.1 Å². The summed E-state index contributed by atoms with van der Waals surface area (Å²) in [5.74, 6) is 0. The van der Waals surface area contributed by atoms with Crippen molar-refractivity contribution in [3.63, 3.8) is 0 Å². The lowest BCUT2D eigenvalue weighted by molar-refractivity contribution is -0.384. The standard InChI is InChI=1S/C10H5F3N2O2/c11-10(12,13)8(6-14)5-7-1-3-9(4-2-7)15(16)17/h1-5H/b8-5-. The van der Waals surface area contributed by atoms with E-state index in [1.165, 1.54) is 0 Å². The molecule has 0 atom stereocenters. The molecule has 7 heteroatoms. The van der Waals surface area contributed by atoms with Crippen LogP contribution in [0.2, 0.25) is 0 Å². The van der Waals surface area contributed by atoms with Crippen molar-refractivity contribution in [1.82, 2.24) is 0 Å². The van der Waals surface area contributed by atoms with Crippen molar-refractivity contribution in [2.75, 3.05) is 0 Å². The number of hydrogen-bond acceptors (Lipinski definition) is 3. The lowest BCUT2D eigenvalue weighted by atomic mass is 10.1. The molecule has 4 nitrogen and oxygen atoms in total. The van der Waals surface area contributed by atoms with Gasteiger partial charge in [0.15, 0.2) is 0 Å². The number of benzene rings is 1. The smallest absolute Gasteiger partial charge is 0.258 e. The molecule has 0 aliphatic rings. The second-order valence-electron chi connectivity index (χ2n) is 3.02. The minimum atomic E-state index is -4.73. The molecule has 0 bridgehead atoms. The van der Waals surface area contributed by atoms with Crippen LogP contribution in [-0.2, 0) is 0 Å². The van der Waals surface area contributed by atoms with Gasteiger partial charge in [0, 0.05) is 12.1 Å². The van der Waals surface area contributed by atoms with E-state index in [9.17, 15) is 23.3 Å². The lowest BCUT2D eigenvalue weighted by Crippen LogP contribution is -2.09. The van der Waals surface area contributed by atoms with Crippen molar-refractivity contribution in [2.24, 2.45) is 0 Å². The summed E-state index contributed by atoms with van der Waals surface area (Å²) in [6, 6.07) is 5.44. The van der Waals surface area contributed by atoms with Gasteiger partial charge < -0.3 is 0 Å². The van der Waals surface area contributed by atoms with E-state index in [0.29, 0.717) is 6.08 Å². The molecule has 1 aromatic carbocycles. The highest BCUT2D eigenvalue weighted by Gasteiger charge is 2.33. The molecule has 17 heavy (non-hydrogen) atoms. The van der Waals surface area contributed by atoms with Gasteiger partial charge >= 0.3 is 6.18 Å². The van der Waals surface area contributed by atoms with Gasteiger partial charge in [0.05, 0.1) is 4.92 Å². The van der Waals surface area contributed by atoms with E-state index in [4.69, 9.17) is 5.26 Å². The molecule has 0 unspecified atom stereocenters. The Labute approximate surface area is 93.7 Å². The normalized spacial score (nSPS) is 12.0. The van der Waals surface area contributed by atoms with Gasteiger partial charge in [-0.15, -0.1) is 0 Å². The van der Waals surface area contributed by atoms with Crippen LogP contribution in [0, 0.1) is 21.4 Å². The molecule has 0 spiro atoms. The minimum Gasteiger partial charge on any atom is -0.258 e. The van der Waals surface area contributed by atoms with E-state index >= 15 is 0 Å². The zero-order chi connectivity index (χ0) is 13.1. The SMILES string of the molecule is N#C/C(=C/c1ccc([N+](=O)[O-])cc1)C(F)(F)F. The minimum absolute atomic E-state index is 0.0736. The van der Waals surface area contributed by atoms with E-state index < -0.39 is 16.7 Å². The maximum Gasteiger partial charge on any atom is 0.426 e. The number of alkyl halides is 3. The van der Waals surface area contributed by atoms with Crippen LogP contribution >= 0.6 is 0 Å². The Hall–Kier alpha value is -2.36. The van der Waals surface area contributed by atoms with Crippen LogP contribution in [0.25, 0.3) is 6.08 Å². The van der Waals surface area contributed by atoms with Crippen LogP contribution in [0.4, 0.5) is 18.9 Å². The van der Waals surface area contributed by atoms with Crippen molar-refractivity contribution in [3.05, 3.63) is 45.5 Å². The molecule has 0 N–H and O–H groups in total. The van der Waals surface area contributed by atoms with Crippen molar-refractivity contribution < 1.29 is 18.1 Å². The van der Waals surface area contributed by atoms with Crippen LogP contribution in [0.5, 0.6) is 0 Å². The van der Waals surface area contributed by atoms with Gasteiger partial charge in [0.2, 0.25) is 0 Å². The first-order chi connectivity index (χ1) is 7.84. The number of nitriles is 1. The summed E-state index contributed by atoms with van der Waals surface area (Å²) in [4.78, 5) is 9.64. The molecule has 1 aromatic rings. The highest BCUT2D eigenvalue weighted by Crippen LogP contribution is 2.27. The first-order valence-corrected chi connectivity index (χ1v) is 4.28. The molecule has 0 saturated heterocycles. The summed E-state index contributed by atoms with van der Waals surface area (Å²) >= 11 is 0. The summed E-state index contributed by atoms with van der Waals surface area (Å²) in [7, 11) is 0. The first kappa shape index (κ1) is 12.7. The van der Waals surface area contributed by atoms with Gasteiger partial charge in [-0.05, 0) is 23.8 Å². The topological polar surface area (TPSA) is 66.9 Å². The molecule has 88 valence electrons. The van der Waals surface area contributed by atoms with Crippen LogP contribution in [0.3, 0.4) is 0 Å². The Morgan fingerprint density at radius 3 is 2.24 bits per heavy atom. The third-order valence-corrected chi connectivity index (χ3v) is 1.84. The largest absolute Gasteiger partial charge is 0.426 e. The number of hydrogen-bond donors (Lipinski definition) is 0. The summed E-state index contributed by atoms with van der Waals surface area (Å²) in [6.07, 6.45) is -4.10. The number of non-ortho nitro benzene ring substituents is 1. The molecule has 0 aliphatic heterocycles. The van der Waals surface area contributed by atoms with Gasteiger partial charge in [0.1, 0.15) is 11.6 Å². The number of allylic oxidation sites excluding steroid dienone is 1. The van der Waals surface area contributed by atoms with Gasteiger partial charge in [-0.1, -0.05) is 0 Å². The Morgan fingerprint density at radius 2 is 1.88 bits per heavy atom. The molecule has 0 heterocycles. The number of nitrogens with zero attached hydrogens (tertiary/aromatic N) is 2. The maximum atomic E-state index is 12.2. The highest BCUT2D eigenvalue weighted by atomic mass is 19.4. The molecule has 0 aromatic heterocycles. The summed E-state index contributed by atoms with van der Waals surface area (Å²) in [6.45, 7) is 0. The Bertz CT molecular complexity index is 498. The second kappa shape index (κ2) is 4.65. The van der Waals surface area contributed by atoms with Crippen molar-refractivity contribution in [3.8, 4) is 6.07 Å². The van der Waals surface area contributed by atoms with Crippen molar-refractivity contribution in [2.45, 2.75) is 6.18 Å². The zero-order valence-corrected chi connectivity index (χ0v) is 8.23. The summed E-state index contributed by atoms with van der Waals surface area (Å²) < 4.78 is 36.6. The second-order valence-corrected chi connectivity index (χ2v) is 3.02. The Morgan fingerprint density at radius 1 is 1.35 bits per heavy atom. The predicted molar refractivity (Wildman–Crippen MR) is 52.7 cm³/mol. The van der Waals surface area contributed by atoms with E-state index in [1.54, 1.807) is 0 Å². The fourth-order valence-electron chi connectivity index (χ4n) is 1.04. The van der Waals surface area contributed by atoms with Crippen LogP contribution < -0.4 is 0 Å². The molecule has 0 radical (unpaired) electrons. The molecular formula is C10H5F3N2O2. The Balaban J connectivity index is 3.07. The van der Waals surface area contributed by atoms with Crippen LogP contribution in [0.1, 0.15) is 5.56 Å². The van der Waals surface area contributed by atoms with Crippen molar-refractivity contribution >= 4 is 11.8 Å². The molecule has 0 aliphatic carbocycles. The Kier molecular flexibility index (Phi) is 3.48. The highest BCUT2D eigenvalue weighted by molar-refractivity contribution is 5.59. The number of halogens is 3. The maximum absolute atomic E-state index is 12.2. The summed E-state index contributed by atoms with van der Waals surface area (Å²) in [5.41, 5.74) is -1.51. The average molecular weight is 242 g/mol. The number of nitro groups is 1. The third-order valence-electron chi connectivity index (χ3n) is 1.84. The average Bonchev–Trinajstić information content (AvgIpc) is 2.24. The van der Waals surface area contributed by atoms with Gasteiger partial charge in [-0.3, -0.25) is 10.1 Å². The molecule has 0 amide bonds. The fourth-order valence-corrected chi connectivity index (χ4v) is 1.04.